The summed E-state index contributed by atoms with van der Waals surface area (Å²) in [5.41, 5.74) is 0. The smallest absolute Gasteiger partial charge is 0.108 e. The van der Waals surface area contributed by atoms with Crippen molar-refractivity contribution in [1.29, 1.82) is 0 Å². The first kappa shape index (κ1) is 14.9. The van der Waals surface area contributed by atoms with Crippen molar-refractivity contribution in [3.05, 3.63) is 24.3 Å². The van der Waals surface area contributed by atoms with Gasteiger partial charge >= 0.3 is 0 Å². The third-order valence-corrected chi connectivity index (χ3v) is 1.45. The Hall–Kier alpha value is -1.12. The molecule has 0 aromatic rings. The van der Waals surface area contributed by atoms with Crippen molar-refractivity contribution in [1.82, 2.24) is 0 Å². The molecule has 0 atom stereocenters. The van der Waals surface area contributed by atoms with Crippen LogP contribution in [0.5, 0.6) is 0 Å². The van der Waals surface area contributed by atoms with Gasteiger partial charge in [-0.05, 0) is 0 Å². The molecule has 0 aliphatic carbocycles. The second-order valence-electron chi connectivity index (χ2n) is 2.69. The van der Waals surface area contributed by atoms with Gasteiger partial charge in [0.1, 0.15) is 13.2 Å². The molecule has 2 N–H and O–H groups in total. The highest BCUT2D eigenvalue weighted by atomic mass is 16.5. The van der Waals surface area contributed by atoms with Gasteiger partial charge in [-0.25, -0.2) is 0 Å². The Morgan fingerprint density at radius 1 is 0.750 bits per heavy atom. The molecule has 90 valence electrons. The van der Waals surface area contributed by atoms with Crippen LogP contribution in [-0.4, -0.2) is 49.9 Å². The Morgan fingerprint density at radius 2 is 1.19 bits per heavy atom. The molecule has 0 saturated heterocycles. The number of rotatable bonds is 8. The molecule has 0 heterocycles. The molecule has 0 aliphatic rings. The Labute approximate surface area is 96.2 Å². The van der Waals surface area contributed by atoms with Gasteiger partial charge in [0.05, 0.1) is 26.4 Å². The van der Waals surface area contributed by atoms with Gasteiger partial charge in [0.25, 0.3) is 0 Å². The van der Waals surface area contributed by atoms with Gasteiger partial charge in [-0.1, -0.05) is 36.1 Å². The third kappa shape index (κ3) is 12.9. The minimum Gasteiger partial charge on any atom is -0.392 e. The van der Waals surface area contributed by atoms with Gasteiger partial charge in [-0.2, -0.15) is 0 Å². The number of aliphatic hydroxyl groups is 2. The minimum atomic E-state index is 0.0320. The Kier molecular flexibility index (Phi) is 12.9. The summed E-state index contributed by atoms with van der Waals surface area (Å²) in [4.78, 5) is 0. The Balaban J connectivity index is 3.22. The van der Waals surface area contributed by atoms with E-state index >= 15 is 0 Å². The molecule has 0 amide bonds. The van der Waals surface area contributed by atoms with E-state index in [0.29, 0.717) is 26.4 Å². The molecule has 0 radical (unpaired) electrons. The molecule has 0 unspecified atom stereocenters. The van der Waals surface area contributed by atoms with Crippen LogP contribution in [0.1, 0.15) is 0 Å². The molecular weight excluding hydrogens is 208 g/mol. The maximum absolute atomic E-state index is 8.42. The standard InChI is InChI=1S/C12H18O4/c13-7-1-3-9-15-11-5-6-12-16-10-4-2-8-14/h1-4,13-14H,7-12H2/b3-1-,4-2-. The Morgan fingerprint density at radius 3 is 1.56 bits per heavy atom. The molecule has 16 heavy (non-hydrogen) atoms. The summed E-state index contributed by atoms with van der Waals surface area (Å²) in [7, 11) is 0. The second-order valence-corrected chi connectivity index (χ2v) is 2.69. The Bertz CT molecular complexity index is 223. The van der Waals surface area contributed by atoms with E-state index < -0.39 is 0 Å². The predicted octanol–water partition coefficient (Wildman–Crippen LogP) is 0.120. The first-order chi connectivity index (χ1) is 7.91. The van der Waals surface area contributed by atoms with Crippen molar-refractivity contribution in [3.8, 4) is 11.8 Å². The summed E-state index contributed by atoms with van der Waals surface area (Å²) in [5.74, 6) is 5.57. The molecule has 0 saturated carbocycles. The molecule has 0 bridgehead atoms. The monoisotopic (exact) mass is 226 g/mol. The van der Waals surface area contributed by atoms with E-state index in [0.717, 1.165) is 0 Å². The highest BCUT2D eigenvalue weighted by Crippen LogP contribution is 1.78. The molecule has 0 spiro atoms. The van der Waals surface area contributed by atoms with E-state index in [1.165, 1.54) is 0 Å². The van der Waals surface area contributed by atoms with Crippen LogP contribution in [0.25, 0.3) is 0 Å². The zero-order valence-corrected chi connectivity index (χ0v) is 9.26. The molecule has 0 aliphatic heterocycles. The maximum atomic E-state index is 8.42. The lowest BCUT2D eigenvalue weighted by molar-refractivity contribution is 0.192. The van der Waals surface area contributed by atoms with E-state index in [2.05, 4.69) is 11.8 Å². The van der Waals surface area contributed by atoms with Gasteiger partial charge < -0.3 is 19.7 Å². The fourth-order valence-electron chi connectivity index (χ4n) is 0.743. The summed E-state index contributed by atoms with van der Waals surface area (Å²) in [6.07, 6.45) is 6.70. The van der Waals surface area contributed by atoms with Crippen LogP contribution in [0.2, 0.25) is 0 Å². The molecule has 0 aromatic heterocycles. The van der Waals surface area contributed by atoms with Crippen molar-refractivity contribution in [3.63, 3.8) is 0 Å². The third-order valence-electron chi connectivity index (χ3n) is 1.45. The second kappa shape index (κ2) is 13.9. The van der Waals surface area contributed by atoms with E-state index in [1.807, 2.05) is 0 Å². The van der Waals surface area contributed by atoms with E-state index in [-0.39, 0.29) is 13.2 Å². The average molecular weight is 226 g/mol. The summed E-state index contributed by atoms with van der Waals surface area (Å²) in [5, 5.41) is 16.8. The van der Waals surface area contributed by atoms with E-state index in [1.54, 1.807) is 24.3 Å². The highest BCUT2D eigenvalue weighted by molar-refractivity contribution is 4.99. The lowest BCUT2D eigenvalue weighted by Gasteiger charge is -1.93. The predicted molar refractivity (Wildman–Crippen MR) is 61.9 cm³/mol. The van der Waals surface area contributed by atoms with Crippen LogP contribution in [0.3, 0.4) is 0 Å². The van der Waals surface area contributed by atoms with E-state index in [9.17, 15) is 0 Å². The molecule has 0 fully saturated rings. The fourth-order valence-corrected chi connectivity index (χ4v) is 0.743. The summed E-state index contributed by atoms with van der Waals surface area (Å²) in [6.45, 7) is 1.68. The fraction of sp³-hybridized carbons (Fsp3) is 0.500. The van der Waals surface area contributed by atoms with E-state index in [4.69, 9.17) is 19.7 Å². The summed E-state index contributed by atoms with van der Waals surface area (Å²) in [6, 6.07) is 0. The van der Waals surface area contributed by atoms with Gasteiger partial charge in [0.15, 0.2) is 0 Å². The summed E-state index contributed by atoms with van der Waals surface area (Å²) >= 11 is 0. The minimum absolute atomic E-state index is 0.0320. The number of hydrogen-bond acceptors (Lipinski definition) is 4. The van der Waals surface area contributed by atoms with Crippen LogP contribution >= 0.6 is 0 Å². The number of ether oxygens (including phenoxy) is 2. The van der Waals surface area contributed by atoms with Crippen LogP contribution in [0, 0.1) is 11.8 Å². The van der Waals surface area contributed by atoms with Crippen LogP contribution in [0.15, 0.2) is 24.3 Å². The SMILES string of the molecule is OC/C=C\COCC#CCOC/C=C\CO. The first-order valence-electron chi connectivity index (χ1n) is 5.04. The molecule has 4 nitrogen and oxygen atoms in total. The normalized spacial score (nSPS) is 10.9. The number of aliphatic hydroxyl groups excluding tert-OH is 2. The number of hydrogen-bond donors (Lipinski definition) is 2. The molecular formula is C12H18O4. The zero-order valence-electron chi connectivity index (χ0n) is 9.26. The van der Waals surface area contributed by atoms with Crippen LogP contribution in [0.4, 0.5) is 0 Å². The summed E-state index contributed by atoms with van der Waals surface area (Å²) < 4.78 is 10.2. The lowest BCUT2D eigenvalue weighted by Crippen LogP contribution is -1.94. The van der Waals surface area contributed by atoms with Gasteiger partial charge in [0, 0.05) is 0 Å². The lowest BCUT2D eigenvalue weighted by atomic mass is 10.5. The molecule has 4 heteroatoms. The van der Waals surface area contributed by atoms with Gasteiger partial charge in [-0.3, -0.25) is 0 Å². The van der Waals surface area contributed by atoms with Crippen molar-refractivity contribution in [2.24, 2.45) is 0 Å². The quantitative estimate of drug-likeness (QED) is 0.350. The van der Waals surface area contributed by atoms with Gasteiger partial charge in [0.2, 0.25) is 0 Å². The zero-order chi connectivity index (χ0) is 11.9. The van der Waals surface area contributed by atoms with Crippen LogP contribution in [-0.2, 0) is 9.47 Å². The molecule has 0 aromatic carbocycles. The largest absolute Gasteiger partial charge is 0.392 e. The maximum Gasteiger partial charge on any atom is 0.108 e. The van der Waals surface area contributed by atoms with Crippen molar-refractivity contribution in [2.75, 3.05) is 39.6 Å². The average Bonchev–Trinajstić information content (AvgIpc) is 2.31. The highest BCUT2D eigenvalue weighted by Gasteiger charge is 1.79. The van der Waals surface area contributed by atoms with Crippen molar-refractivity contribution >= 4 is 0 Å². The van der Waals surface area contributed by atoms with Gasteiger partial charge in [-0.15, -0.1) is 0 Å². The molecule has 0 rings (SSSR count). The van der Waals surface area contributed by atoms with Crippen molar-refractivity contribution in [2.45, 2.75) is 0 Å². The topological polar surface area (TPSA) is 58.9 Å². The first-order valence-corrected chi connectivity index (χ1v) is 5.04. The van der Waals surface area contributed by atoms with Crippen LogP contribution < -0.4 is 0 Å². The van der Waals surface area contributed by atoms with Crippen molar-refractivity contribution < 1.29 is 19.7 Å².